The number of aliphatic imine (C=N–C) groups is 1. The van der Waals surface area contributed by atoms with Crippen LogP contribution in [0, 0.1) is 0 Å². The Labute approximate surface area is 159 Å². The molecule has 0 spiro atoms. The smallest absolute Gasteiger partial charge is 0.188 e. The molecule has 146 valence electrons. The molecule has 0 amide bonds. The second-order valence-corrected chi connectivity index (χ2v) is 7.41. The second-order valence-electron chi connectivity index (χ2n) is 7.41. The first-order chi connectivity index (χ1) is 12.6. The highest BCUT2D eigenvalue weighted by molar-refractivity contribution is 5.77. The summed E-state index contributed by atoms with van der Waals surface area (Å²) in [6.45, 7) is 10.9. The summed E-state index contributed by atoms with van der Waals surface area (Å²) in [5.41, 5.74) is 8.59. The summed E-state index contributed by atoms with van der Waals surface area (Å²) in [7, 11) is 0. The van der Waals surface area contributed by atoms with Gasteiger partial charge in [-0.1, -0.05) is 50.5 Å². The van der Waals surface area contributed by atoms with Gasteiger partial charge in [0.2, 0.25) is 0 Å². The van der Waals surface area contributed by atoms with Gasteiger partial charge >= 0.3 is 0 Å². The number of guanidine groups is 1. The summed E-state index contributed by atoms with van der Waals surface area (Å²) >= 11 is 0. The first-order valence-electron chi connectivity index (χ1n) is 10.1. The number of benzene rings is 1. The summed E-state index contributed by atoms with van der Waals surface area (Å²) in [6.07, 6.45) is 5.50. The van der Waals surface area contributed by atoms with Gasteiger partial charge in [-0.3, -0.25) is 4.90 Å². The van der Waals surface area contributed by atoms with Gasteiger partial charge in [-0.15, -0.1) is 0 Å². The van der Waals surface area contributed by atoms with Crippen LogP contribution in [0.1, 0.15) is 57.6 Å². The molecule has 1 aromatic rings. The lowest BCUT2D eigenvalue weighted by Gasteiger charge is -2.35. The number of morpholine rings is 1. The minimum Gasteiger partial charge on any atom is -0.373 e. The van der Waals surface area contributed by atoms with Crippen LogP contribution < -0.4 is 11.1 Å². The van der Waals surface area contributed by atoms with Crippen LogP contribution in [-0.2, 0) is 17.8 Å². The van der Waals surface area contributed by atoms with Crippen LogP contribution in [0.5, 0.6) is 0 Å². The first-order valence-corrected chi connectivity index (χ1v) is 10.1. The van der Waals surface area contributed by atoms with Crippen molar-refractivity contribution in [3.63, 3.8) is 0 Å². The fourth-order valence-electron chi connectivity index (χ4n) is 3.51. The summed E-state index contributed by atoms with van der Waals surface area (Å²) in [5, 5.41) is 3.23. The predicted octanol–water partition coefficient (Wildman–Crippen LogP) is 3.28. The zero-order chi connectivity index (χ0) is 18.8. The third-order valence-corrected chi connectivity index (χ3v) is 4.76. The van der Waals surface area contributed by atoms with Crippen molar-refractivity contribution in [1.29, 1.82) is 0 Å². The van der Waals surface area contributed by atoms with Gasteiger partial charge in [0.25, 0.3) is 0 Å². The Morgan fingerprint density at radius 2 is 1.85 bits per heavy atom. The number of nitrogens with zero attached hydrogens (tertiary/aromatic N) is 2. The summed E-state index contributed by atoms with van der Waals surface area (Å²) in [6, 6.07) is 8.53. The lowest BCUT2D eigenvalue weighted by Crippen LogP contribution is -2.44. The van der Waals surface area contributed by atoms with E-state index >= 15 is 0 Å². The zero-order valence-corrected chi connectivity index (χ0v) is 16.7. The van der Waals surface area contributed by atoms with Crippen molar-refractivity contribution < 1.29 is 4.74 Å². The fourth-order valence-corrected chi connectivity index (χ4v) is 3.51. The van der Waals surface area contributed by atoms with Crippen LogP contribution in [0.25, 0.3) is 0 Å². The van der Waals surface area contributed by atoms with E-state index < -0.39 is 0 Å². The van der Waals surface area contributed by atoms with E-state index in [0.29, 0.717) is 12.5 Å². The molecule has 26 heavy (non-hydrogen) atoms. The maximum absolute atomic E-state index is 6.02. The van der Waals surface area contributed by atoms with Crippen molar-refractivity contribution in [3.05, 3.63) is 35.4 Å². The Morgan fingerprint density at radius 3 is 2.54 bits per heavy atom. The molecule has 1 aliphatic heterocycles. The normalized spacial score (nSPS) is 21.7. The van der Waals surface area contributed by atoms with Crippen molar-refractivity contribution in [2.24, 2.45) is 10.7 Å². The molecule has 1 saturated heterocycles. The number of ether oxygens (including phenoxy) is 1. The van der Waals surface area contributed by atoms with Gasteiger partial charge in [-0.25, -0.2) is 4.99 Å². The second kappa shape index (κ2) is 11.2. The summed E-state index contributed by atoms with van der Waals surface area (Å²) in [4.78, 5) is 7.00. The highest BCUT2D eigenvalue weighted by atomic mass is 16.5. The molecule has 0 saturated carbocycles. The lowest BCUT2D eigenvalue weighted by molar-refractivity contribution is -0.0705. The van der Waals surface area contributed by atoms with E-state index in [1.165, 1.54) is 30.4 Å². The van der Waals surface area contributed by atoms with Crippen LogP contribution >= 0.6 is 0 Å². The Hall–Kier alpha value is -1.59. The molecule has 1 heterocycles. The molecule has 1 aromatic carbocycles. The number of unbranched alkanes of at least 4 members (excludes halogenated alkanes) is 3. The number of nitrogens with two attached hydrogens (primary N) is 1. The number of rotatable bonds is 9. The van der Waals surface area contributed by atoms with Gasteiger partial charge in [-0.05, 0) is 31.4 Å². The number of nitrogens with one attached hydrogen (secondary N) is 1. The Bertz CT molecular complexity index is 551. The van der Waals surface area contributed by atoms with Gasteiger partial charge in [0, 0.05) is 26.2 Å². The van der Waals surface area contributed by atoms with E-state index in [2.05, 4.69) is 60.2 Å². The van der Waals surface area contributed by atoms with E-state index in [1.54, 1.807) is 0 Å². The van der Waals surface area contributed by atoms with Crippen LogP contribution in [0.3, 0.4) is 0 Å². The van der Waals surface area contributed by atoms with Crippen molar-refractivity contribution >= 4 is 5.96 Å². The molecule has 0 bridgehead atoms. The maximum atomic E-state index is 6.02. The number of hydrogen-bond donors (Lipinski definition) is 2. The van der Waals surface area contributed by atoms with E-state index in [4.69, 9.17) is 10.5 Å². The van der Waals surface area contributed by atoms with Gasteiger partial charge in [0.1, 0.15) is 0 Å². The monoisotopic (exact) mass is 360 g/mol. The van der Waals surface area contributed by atoms with Gasteiger partial charge < -0.3 is 15.8 Å². The van der Waals surface area contributed by atoms with Crippen molar-refractivity contribution in [2.45, 2.75) is 71.8 Å². The molecule has 5 nitrogen and oxygen atoms in total. The molecule has 1 aliphatic rings. The summed E-state index contributed by atoms with van der Waals surface area (Å²) in [5.74, 6) is 0.546. The molecular formula is C21H36N4O. The molecule has 0 aromatic heterocycles. The molecule has 2 rings (SSSR count). The molecule has 5 heteroatoms. The average Bonchev–Trinajstić information content (AvgIpc) is 2.60. The maximum Gasteiger partial charge on any atom is 0.188 e. The molecule has 3 N–H and O–H groups in total. The average molecular weight is 361 g/mol. The Kier molecular flexibility index (Phi) is 8.92. The quantitative estimate of drug-likeness (QED) is 0.403. The van der Waals surface area contributed by atoms with Crippen LogP contribution in [0.2, 0.25) is 0 Å². The van der Waals surface area contributed by atoms with E-state index in [0.717, 1.165) is 32.6 Å². The number of hydrogen-bond acceptors (Lipinski definition) is 3. The molecule has 2 unspecified atom stereocenters. The van der Waals surface area contributed by atoms with Crippen LogP contribution in [-0.4, -0.2) is 42.7 Å². The Balaban J connectivity index is 1.86. The van der Waals surface area contributed by atoms with Crippen molar-refractivity contribution in [3.8, 4) is 0 Å². The predicted molar refractivity (Wildman–Crippen MR) is 109 cm³/mol. The highest BCUT2D eigenvalue weighted by Crippen LogP contribution is 2.17. The molecule has 2 atom stereocenters. The molecule has 1 fully saturated rings. The first kappa shape index (κ1) is 20.7. The van der Waals surface area contributed by atoms with Gasteiger partial charge in [-0.2, -0.15) is 0 Å². The zero-order valence-electron chi connectivity index (χ0n) is 16.7. The third kappa shape index (κ3) is 7.34. The topological polar surface area (TPSA) is 62.9 Å². The lowest BCUT2D eigenvalue weighted by atomic mass is 10.1. The van der Waals surface area contributed by atoms with Gasteiger partial charge in [0.05, 0.1) is 18.8 Å². The SMILES string of the molecule is CCCCCCNC(N)=NCc1ccccc1CN1CC(C)OC(C)C1. The van der Waals surface area contributed by atoms with Crippen molar-refractivity contribution in [1.82, 2.24) is 10.2 Å². The third-order valence-electron chi connectivity index (χ3n) is 4.76. The Morgan fingerprint density at radius 1 is 1.15 bits per heavy atom. The van der Waals surface area contributed by atoms with Gasteiger partial charge in [0.15, 0.2) is 5.96 Å². The van der Waals surface area contributed by atoms with Crippen molar-refractivity contribution in [2.75, 3.05) is 19.6 Å². The molecule has 0 radical (unpaired) electrons. The highest BCUT2D eigenvalue weighted by Gasteiger charge is 2.22. The summed E-state index contributed by atoms with van der Waals surface area (Å²) < 4.78 is 5.84. The minimum atomic E-state index is 0.288. The largest absolute Gasteiger partial charge is 0.373 e. The minimum absolute atomic E-state index is 0.288. The standard InChI is InChI=1S/C21H36N4O/c1-4-5-6-9-12-23-21(22)24-13-19-10-7-8-11-20(19)16-25-14-17(2)26-18(3)15-25/h7-8,10-11,17-18H,4-6,9,12-16H2,1-3H3,(H3,22,23,24). The molecular weight excluding hydrogens is 324 g/mol. The van der Waals surface area contributed by atoms with Crippen LogP contribution in [0.15, 0.2) is 29.3 Å². The van der Waals surface area contributed by atoms with E-state index in [-0.39, 0.29) is 12.2 Å². The van der Waals surface area contributed by atoms with Crippen LogP contribution in [0.4, 0.5) is 0 Å². The van der Waals surface area contributed by atoms with E-state index in [9.17, 15) is 0 Å². The van der Waals surface area contributed by atoms with E-state index in [1.807, 2.05) is 0 Å². The fraction of sp³-hybridized carbons (Fsp3) is 0.667. The molecule has 0 aliphatic carbocycles.